The number of nitrogen functional groups attached to an aromatic ring is 1. The number of nitrogens with two attached hydrogens (primary N) is 1. The molecule has 1 atom stereocenters. The number of rotatable bonds is 3. The molecule has 3 aromatic carbocycles. The topological polar surface area (TPSA) is 55.5 Å². The fourth-order valence-electron chi connectivity index (χ4n) is 3.61. The van der Waals surface area contributed by atoms with Gasteiger partial charge >= 0.3 is 0 Å². The summed E-state index contributed by atoms with van der Waals surface area (Å²) in [6.45, 7) is 0. The molecular formula is C20H19NO2. The number of hydrogen-bond acceptors (Lipinski definition) is 3. The van der Waals surface area contributed by atoms with Gasteiger partial charge in [-0.3, -0.25) is 0 Å². The fraction of sp³-hybridized carbons (Fsp3) is 0.200. The molecule has 0 bridgehead atoms. The van der Waals surface area contributed by atoms with Crippen molar-refractivity contribution < 1.29 is 9.84 Å². The van der Waals surface area contributed by atoms with Gasteiger partial charge in [-0.05, 0) is 58.0 Å². The molecule has 0 radical (unpaired) electrons. The van der Waals surface area contributed by atoms with E-state index in [0.29, 0.717) is 11.4 Å². The van der Waals surface area contributed by atoms with Crippen LogP contribution in [0, 0.1) is 0 Å². The minimum Gasteiger partial charge on any atom is -0.495 e. The van der Waals surface area contributed by atoms with Crippen molar-refractivity contribution in [1.29, 1.82) is 0 Å². The van der Waals surface area contributed by atoms with Crippen molar-refractivity contribution in [2.75, 3.05) is 12.8 Å². The Morgan fingerprint density at radius 3 is 2.57 bits per heavy atom. The first kappa shape index (κ1) is 14.1. The van der Waals surface area contributed by atoms with Gasteiger partial charge in [-0.2, -0.15) is 0 Å². The summed E-state index contributed by atoms with van der Waals surface area (Å²) in [5.74, 6) is 0.626. The standard InChI is InChI=1S/C20H19NO2/c1-23-18-10-8-14(11-17(18)21)20(22)16-9-7-13-6-5-12-3-2-4-15(16)19(12)13/h2-4,7-11,20,22H,5-6,21H2,1H3/t20-/m1/s1. The first-order valence-electron chi connectivity index (χ1n) is 7.84. The lowest BCUT2D eigenvalue weighted by molar-refractivity contribution is 0.222. The Labute approximate surface area is 135 Å². The molecule has 0 fully saturated rings. The van der Waals surface area contributed by atoms with Crippen molar-refractivity contribution >= 4 is 16.5 Å². The Bertz CT molecular complexity index is 891. The number of benzene rings is 3. The van der Waals surface area contributed by atoms with Gasteiger partial charge in [0, 0.05) is 0 Å². The lowest BCUT2D eigenvalue weighted by atomic mass is 9.93. The third-order valence-electron chi connectivity index (χ3n) is 4.77. The molecule has 0 spiro atoms. The Morgan fingerprint density at radius 1 is 1.04 bits per heavy atom. The Morgan fingerprint density at radius 2 is 1.83 bits per heavy atom. The van der Waals surface area contributed by atoms with Crippen LogP contribution in [0.15, 0.2) is 48.5 Å². The molecule has 3 aromatic rings. The highest BCUT2D eigenvalue weighted by Crippen LogP contribution is 2.37. The van der Waals surface area contributed by atoms with Gasteiger partial charge in [0.2, 0.25) is 0 Å². The molecule has 4 rings (SSSR count). The van der Waals surface area contributed by atoms with Gasteiger partial charge in [0.25, 0.3) is 0 Å². The van der Waals surface area contributed by atoms with E-state index in [0.717, 1.165) is 29.4 Å². The second-order valence-electron chi connectivity index (χ2n) is 6.06. The highest BCUT2D eigenvalue weighted by atomic mass is 16.5. The minimum absolute atomic E-state index is 0.537. The van der Waals surface area contributed by atoms with E-state index in [1.54, 1.807) is 19.2 Å². The normalized spacial score (nSPS) is 14.2. The number of hydrogen-bond donors (Lipinski definition) is 2. The van der Waals surface area contributed by atoms with Crippen molar-refractivity contribution in [3.63, 3.8) is 0 Å². The van der Waals surface area contributed by atoms with Crippen molar-refractivity contribution in [1.82, 2.24) is 0 Å². The van der Waals surface area contributed by atoms with E-state index < -0.39 is 6.10 Å². The first-order valence-corrected chi connectivity index (χ1v) is 7.84. The van der Waals surface area contributed by atoms with E-state index in [9.17, 15) is 5.11 Å². The lowest BCUT2D eigenvalue weighted by Gasteiger charge is -2.16. The molecule has 0 unspecified atom stereocenters. The average molecular weight is 305 g/mol. The molecule has 0 saturated heterocycles. The minimum atomic E-state index is -0.701. The van der Waals surface area contributed by atoms with Crippen LogP contribution in [-0.4, -0.2) is 12.2 Å². The molecule has 116 valence electrons. The van der Waals surface area contributed by atoms with Crippen molar-refractivity contribution in [2.24, 2.45) is 0 Å². The van der Waals surface area contributed by atoms with Gasteiger partial charge in [-0.1, -0.05) is 36.4 Å². The van der Waals surface area contributed by atoms with Crippen LogP contribution in [0.5, 0.6) is 5.75 Å². The zero-order valence-corrected chi connectivity index (χ0v) is 13.0. The molecule has 0 heterocycles. The van der Waals surface area contributed by atoms with Crippen LogP contribution in [0.4, 0.5) is 5.69 Å². The van der Waals surface area contributed by atoms with Gasteiger partial charge in [0.05, 0.1) is 12.8 Å². The fourth-order valence-corrected chi connectivity index (χ4v) is 3.61. The average Bonchev–Trinajstić information content (AvgIpc) is 3.00. The second-order valence-corrected chi connectivity index (χ2v) is 6.06. The Hall–Kier alpha value is -2.52. The number of ether oxygens (including phenoxy) is 1. The summed E-state index contributed by atoms with van der Waals surface area (Å²) in [5, 5.41) is 13.3. The summed E-state index contributed by atoms with van der Waals surface area (Å²) in [6, 6.07) is 16.0. The summed E-state index contributed by atoms with van der Waals surface area (Å²) in [4.78, 5) is 0. The Balaban J connectivity index is 1.85. The maximum atomic E-state index is 10.9. The number of aliphatic hydroxyl groups is 1. The lowest BCUT2D eigenvalue weighted by Crippen LogP contribution is -2.03. The largest absolute Gasteiger partial charge is 0.495 e. The molecule has 0 aromatic heterocycles. The molecule has 0 saturated carbocycles. The summed E-state index contributed by atoms with van der Waals surface area (Å²) >= 11 is 0. The molecule has 3 heteroatoms. The Kier molecular flexibility index (Phi) is 3.24. The van der Waals surface area contributed by atoms with Crippen LogP contribution < -0.4 is 10.5 Å². The van der Waals surface area contributed by atoms with E-state index >= 15 is 0 Å². The summed E-state index contributed by atoms with van der Waals surface area (Å²) in [5.41, 5.74) is 11.0. The van der Waals surface area contributed by atoms with Crippen molar-refractivity contribution in [2.45, 2.75) is 18.9 Å². The highest BCUT2D eigenvalue weighted by Gasteiger charge is 2.20. The van der Waals surface area contributed by atoms with Crippen LogP contribution in [0.1, 0.15) is 28.4 Å². The maximum absolute atomic E-state index is 10.9. The van der Waals surface area contributed by atoms with Crippen LogP contribution in [0.2, 0.25) is 0 Å². The van der Waals surface area contributed by atoms with E-state index in [1.807, 2.05) is 12.1 Å². The van der Waals surface area contributed by atoms with E-state index in [-0.39, 0.29) is 0 Å². The molecular weight excluding hydrogens is 286 g/mol. The van der Waals surface area contributed by atoms with Crippen LogP contribution >= 0.6 is 0 Å². The maximum Gasteiger partial charge on any atom is 0.141 e. The molecule has 1 aliphatic carbocycles. The van der Waals surface area contributed by atoms with Crippen LogP contribution in [0.25, 0.3) is 10.8 Å². The van der Waals surface area contributed by atoms with Crippen LogP contribution in [-0.2, 0) is 12.8 Å². The predicted molar refractivity (Wildman–Crippen MR) is 92.8 cm³/mol. The van der Waals surface area contributed by atoms with Gasteiger partial charge in [0.15, 0.2) is 0 Å². The van der Waals surface area contributed by atoms with Crippen LogP contribution in [0.3, 0.4) is 0 Å². The quantitative estimate of drug-likeness (QED) is 0.727. The van der Waals surface area contributed by atoms with E-state index in [1.165, 1.54) is 16.5 Å². The van der Waals surface area contributed by atoms with Gasteiger partial charge in [-0.25, -0.2) is 0 Å². The number of aryl methyl sites for hydroxylation is 2. The SMILES string of the molecule is COc1ccc([C@@H](O)c2ccc3c4c(cccc24)CC3)cc1N. The van der Waals surface area contributed by atoms with Gasteiger partial charge in [-0.15, -0.1) is 0 Å². The van der Waals surface area contributed by atoms with E-state index in [2.05, 4.69) is 24.3 Å². The molecule has 0 amide bonds. The summed E-state index contributed by atoms with van der Waals surface area (Å²) in [7, 11) is 1.59. The van der Waals surface area contributed by atoms with Gasteiger partial charge < -0.3 is 15.6 Å². The molecule has 3 N–H and O–H groups in total. The smallest absolute Gasteiger partial charge is 0.141 e. The molecule has 1 aliphatic rings. The molecule has 0 aliphatic heterocycles. The van der Waals surface area contributed by atoms with Gasteiger partial charge in [0.1, 0.15) is 11.9 Å². The zero-order valence-electron chi connectivity index (χ0n) is 13.0. The molecule has 3 nitrogen and oxygen atoms in total. The second kappa shape index (κ2) is 5.28. The third kappa shape index (κ3) is 2.16. The summed E-state index contributed by atoms with van der Waals surface area (Å²) in [6.07, 6.45) is 1.47. The monoisotopic (exact) mass is 305 g/mol. The molecule has 23 heavy (non-hydrogen) atoms. The van der Waals surface area contributed by atoms with Crippen molar-refractivity contribution in [3.8, 4) is 5.75 Å². The number of methoxy groups -OCH3 is 1. The zero-order chi connectivity index (χ0) is 16.0. The highest BCUT2D eigenvalue weighted by molar-refractivity contribution is 5.93. The number of anilines is 1. The van der Waals surface area contributed by atoms with Crippen molar-refractivity contribution in [3.05, 3.63) is 70.8 Å². The third-order valence-corrected chi connectivity index (χ3v) is 4.77. The first-order chi connectivity index (χ1) is 11.2. The predicted octanol–water partition coefficient (Wildman–Crippen LogP) is 3.61. The summed E-state index contributed by atoms with van der Waals surface area (Å²) < 4.78 is 5.19. The van der Waals surface area contributed by atoms with E-state index in [4.69, 9.17) is 10.5 Å². The number of aliphatic hydroxyl groups excluding tert-OH is 1.